The maximum atomic E-state index is 5.82. The lowest BCUT2D eigenvalue weighted by molar-refractivity contribution is 1.37. The molecule has 0 atom stereocenters. The highest BCUT2D eigenvalue weighted by atomic mass is 14.9. The smallest absolute Gasteiger partial charge is 0.156 e. The first-order valence-electron chi connectivity index (χ1n) is 12.4. The fraction of sp³-hybridized carbons (Fsp3) is 0.0588. The minimum Gasteiger partial charge on any atom is -0.387 e. The normalized spacial score (nSPS) is 11.9. The minimum atomic E-state index is 0.487. The fourth-order valence-electron chi connectivity index (χ4n) is 4.52. The van der Waals surface area contributed by atoms with E-state index in [1.54, 1.807) is 14.0 Å². The Labute approximate surface area is 218 Å². The average molecular weight is 480 g/mol. The zero-order valence-electron chi connectivity index (χ0n) is 21.1. The molecule has 5 rings (SSSR count). The van der Waals surface area contributed by atoms with Gasteiger partial charge >= 0.3 is 0 Å². The fourth-order valence-corrected chi connectivity index (χ4v) is 4.52. The lowest BCUT2D eigenvalue weighted by Crippen LogP contribution is -2.10. The third-order valence-corrected chi connectivity index (χ3v) is 6.29. The number of hydrogen-bond donors (Lipinski definition) is 1. The van der Waals surface area contributed by atoms with Crippen molar-refractivity contribution in [1.29, 1.82) is 0 Å². The third kappa shape index (κ3) is 5.57. The van der Waals surface area contributed by atoms with Crippen LogP contribution in [-0.2, 0) is 0 Å². The van der Waals surface area contributed by atoms with Crippen molar-refractivity contribution in [3.63, 3.8) is 0 Å². The minimum absolute atomic E-state index is 0.487. The Balaban J connectivity index is 1.60. The van der Waals surface area contributed by atoms with Crippen LogP contribution in [0.5, 0.6) is 0 Å². The van der Waals surface area contributed by atoms with Crippen molar-refractivity contribution in [3.8, 4) is 44.5 Å². The van der Waals surface area contributed by atoms with Crippen LogP contribution < -0.4 is 5.73 Å². The molecular formula is C34H29N3. The number of aliphatic imine (C=N–C) groups is 2. The van der Waals surface area contributed by atoms with Crippen LogP contribution in [0.15, 0.2) is 137 Å². The molecule has 0 aliphatic heterocycles. The lowest BCUT2D eigenvalue weighted by atomic mass is 9.92. The molecule has 0 aromatic heterocycles. The van der Waals surface area contributed by atoms with E-state index in [9.17, 15) is 0 Å². The van der Waals surface area contributed by atoms with E-state index in [2.05, 4.69) is 125 Å². The molecule has 0 aliphatic carbocycles. The van der Waals surface area contributed by atoms with Gasteiger partial charge in [-0.05, 0) is 81.8 Å². The van der Waals surface area contributed by atoms with E-state index < -0.39 is 0 Å². The van der Waals surface area contributed by atoms with Crippen LogP contribution in [0.3, 0.4) is 0 Å². The number of benzene rings is 5. The SMILES string of the molecule is CN=C(N=C(C)N)c1cccc(-c2cccc(-c3cc(-c4ccccc4)cc(-c4ccccc4)c3)c2)c1. The molecule has 37 heavy (non-hydrogen) atoms. The van der Waals surface area contributed by atoms with E-state index in [1.807, 2.05) is 12.1 Å². The van der Waals surface area contributed by atoms with Crippen molar-refractivity contribution >= 4 is 11.7 Å². The van der Waals surface area contributed by atoms with Gasteiger partial charge in [0.2, 0.25) is 0 Å². The molecule has 0 radical (unpaired) electrons. The highest BCUT2D eigenvalue weighted by Gasteiger charge is 2.10. The Morgan fingerprint density at radius 3 is 1.41 bits per heavy atom. The van der Waals surface area contributed by atoms with E-state index in [-0.39, 0.29) is 0 Å². The van der Waals surface area contributed by atoms with Gasteiger partial charge in [-0.1, -0.05) is 97.1 Å². The molecule has 3 nitrogen and oxygen atoms in total. The first-order chi connectivity index (χ1) is 18.1. The van der Waals surface area contributed by atoms with Crippen LogP contribution in [0.4, 0.5) is 0 Å². The van der Waals surface area contributed by atoms with Crippen molar-refractivity contribution in [3.05, 3.63) is 133 Å². The largest absolute Gasteiger partial charge is 0.387 e. The molecule has 0 bridgehead atoms. The van der Waals surface area contributed by atoms with Gasteiger partial charge in [-0.3, -0.25) is 4.99 Å². The summed E-state index contributed by atoms with van der Waals surface area (Å²) < 4.78 is 0. The highest BCUT2D eigenvalue weighted by Crippen LogP contribution is 2.34. The molecule has 0 unspecified atom stereocenters. The quantitative estimate of drug-likeness (QED) is 0.201. The molecule has 5 aromatic carbocycles. The number of hydrogen-bond acceptors (Lipinski definition) is 1. The molecule has 2 N–H and O–H groups in total. The maximum Gasteiger partial charge on any atom is 0.156 e. The molecule has 0 spiro atoms. The predicted molar refractivity (Wildman–Crippen MR) is 158 cm³/mol. The summed E-state index contributed by atoms with van der Waals surface area (Å²) >= 11 is 0. The molecule has 0 saturated carbocycles. The Hall–Kier alpha value is -4.76. The second-order valence-electron chi connectivity index (χ2n) is 8.99. The van der Waals surface area contributed by atoms with Gasteiger partial charge in [0.05, 0.1) is 5.84 Å². The van der Waals surface area contributed by atoms with E-state index in [1.165, 1.54) is 27.8 Å². The second kappa shape index (κ2) is 10.9. The number of nitrogens with two attached hydrogens (primary N) is 1. The lowest BCUT2D eigenvalue weighted by Gasteiger charge is -2.13. The summed E-state index contributed by atoms with van der Waals surface area (Å²) in [5, 5.41) is 0. The van der Waals surface area contributed by atoms with Crippen molar-refractivity contribution in [1.82, 2.24) is 0 Å². The van der Waals surface area contributed by atoms with Gasteiger partial charge in [-0.15, -0.1) is 0 Å². The van der Waals surface area contributed by atoms with Gasteiger partial charge in [0.15, 0.2) is 5.84 Å². The summed E-state index contributed by atoms with van der Waals surface area (Å²) in [6.45, 7) is 1.77. The Kier molecular flexibility index (Phi) is 7.05. The van der Waals surface area contributed by atoms with Gasteiger partial charge in [0.25, 0.3) is 0 Å². The van der Waals surface area contributed by atoms with Gasteiger partial charge < -0.3 is 5.73 Å². The monoisotopic (exact) mass is 479 g/mol. The highest BCUT2D eigenvalue weighted by molar-refractivity contribution is 6.06. The summed E-state index contributed by atoms with van der Waals surface area (Å²) in [4.78, 5) is 8.71. The van der Waals surface area contributed by atoms with Gasteiger partial charge in [-0.2, -0.15) is 0 Å². The van der Waals surface area contributed by atoms with Crippen molar-refractivity contribution in [2.75, 3.05) is 7.05 Å². The molecule has 5 aromatic rings. The maximum absolute atomic E-state index is 5.82. The van der Waals surface area contributed by atoms with Crippen LogP contribution in [-0.4, -0.2) is 18.7 Å². The summed E-state index contributed by atoms with van der Waals surface area (Å²) in [6.07, 6.45) is 0. The summed E-state index contributed by atoms with van der Waals surface area (Å²) in [6, 6.07) is 44.9. The van der Waals surface area contributed by atoms with E-state index in [4.69, 9.17) is 5.73 Å². The van der Waals surface area contributed by atoms with Crippen LogP contribution in [0, 0.1) is 0 Å². The first kappa shape index (κ1) is 24.0. The van der Waals surface area contributed by atoms with Crippen LogP contribution in [0.25, 0.3) is 44.5 Å². The van der Waals surface area contributed by atoms with Crippen molar-refractivity contribution in [2.45, 2.75) is 6.92 Å². The Morgan fingerprint density at radius 2 is 0.892 bits per heavy atom. The molecule has 180 valence electrons. The molecule has 0 saturated heterocycles. The van der Waals surface area contributed by atoms with E-state index in [0.29, 0.717) is 11.7 Å². The van der Waals surface area contributed by atoms with Crippen LogP contribution in [0.1, 0.15) is 12.5 Å². The van der Waals surface area contributed by atoms with Crippen LogP contribution >= 0.6 is 0 Å². The Morgan fingerprint density at radius 1 is 0.486 bits per heavy atom. The molecule has 0 amide bonds. The first-order valence-corrected chi connectivity index (χ1v) is 12.4. The number of rotatable bonds is 5. The topological polar surface area (TPSA) is 50.7 Å². The molecule has 0 heterocycles. The molecule has 0 aliphatic rings. The molecule has 3 heteroatoms. The number of nitrogens with zero attached hydrogens (tertiary/aromatic N) is 2. The Bertz CT molecular complexity index is 1520. The molecular weight excluding hydrogens is 450 g/mol. The van der Waals surface area contributed by atoms with Crippen molar-refractivity contribution < 1.29 is 0 Å². The average Bonchev–Trinajstić information content (AvgIpc) is 2.96. The summed E-state index contributed by atoms with van der Waals surface area (Å²) in [5.74, 6) is 1.11. The van der Waals surface area contributed by atoms with Gasteiger partial charge in [0.1, 0.15) is 0 Å². The third-order valence-electron chi connectivity index (χ3n) is 6.29. The predicted octanol–water partition coefficient (Wildman–Crippen LogP) is 8.11. The zero-order chi connectivity index (χ0) is 25.6. The number of amidine groups is 2. The zero-order valence-corrected chi connectivity index (χ0v) is 21.1. The van der Waals surface area contributed by atoms with E-state index >= 15 is 0 Å². The van der Waals surface area contributed by atoms with Crippen molar-refractivity contribution in [2.24, 2.45) is 15.7 Å². The van der Waals surface area contributed by atoms with Gasteiger partial charge in [0, 0.05) is 12.6 Å². The van der Waals surface area contributed by atoms with Crippen LogP contribution in [0.2, 0.25) is 0 Å². The van der Waals surface area contributed by atoms with Gasteiger partial charge in [-0.25, -0.2) is 4.99 Å². The summed E-state index contributed by atoms with van der Waals surface area (Å²) in [7, 11) is 1.74. The second-order valence-corrected chi connectivity index (χ2v) is 8.99. The molecule has 0 fully saturated rings. The standard InChI is InChI=1S/C34H29N3/c1-24(35)37-34(36-2)30-18-10-16-28(20-30)27-15-9-17-29(19-27)33-22-31(25-11-5-3-6-12-25)21-32(23-33)26-13-7-4-8-14-26/h3-23H,1-2H3,(H2,35,36,37). The van der Waals surface area contributed by atoms with E-state index in [0.717, 1.165) is 22.3 Å². The summed E-state index contributed by atoms with van der Waals surface area (Å²) in [5.41, 5.74) is 16.1.